The third-order valence-corrected chi connectivity index (χ3v) is 4.10. The van der Waals surface area contributed by atoms with Gasteiger partial charge in [-0.2, -0.15) is 0 Å². The maximum atomic E-state index is 11.8. The summed E-state index contributed by atoms with van der Waals surface area (Å²) >= 11 is 0. The summed E-state index contributed by atoms with van der Waals surface area (Å²) < 4.78 is 5.70. The van der Waals surface area contributed by atoms with E-state index in [1.165, 1.54) is 12.0 Å². The standard InChI is InChI=1S/C18H28N2O2/c1-15(13-22-14-17-5-3-2-4-6-17)11-20-18(21)8-7-16-9-10-19-12-16/h2-6,15-16,19H,7-14H2,1H3,(H,20,21). The molecule has 1 aliphatic rings. The van der Waals surface area contributed by atoms with Crippen molar-refractivity contribution in [3.8, 4) is 0 Å². The highest BCUT2D eigenvalue weighted by Gasteiger charge is 2.15. The van der Waals surface area contributed by atoms with E-state index in [4.69, 9.17) is 4.74 Å². The maximum absolute atomic E-state index is 11.8. The Morgan fingerprint density at radius 1 is 1.41 bits per heavy atom. The van der Waals surface area contributed by atoms with Gasteiger partial charge in [-0.3, -0.25) is 4.79 Å². The Hall–Kier alpha value is -1.39. The molecule has 122 valence electrons. The Bertz CT molecular complexity index is 430. The fraction of sp³-hybridized carbons (Fsp3) is 0.611. The van der Waals surface area contributed by atoms with E-state index in [0.717, 1.165) is 19.5 Å². The third-order valence-electron chi connectivity index (χ3n) is 4.10. The molecule has 1 amide bonds. The number of rotatable bonds is 9. The minimum absolute atomic E-state index is 0.168. The van der Waals surface area contributed by atoms with Crippen molar-refractivity contribution in [1.29, 1.82) is 0 Å². The van der Waals surface area contributed by atoms with Gasteiger partial charge in [0.1, 0.15) is 0 Å². The van der Waals surface area contributed by atoms with Gasteiger partial charge in [-0.1, -0.05) is 37.3 Å². The molecule has 2 atom stereocenters. The number of hydrogen-bond donors (Lipinski definition) is 2. The summed E-state index contributed by atoms with van der Waals surface area (Å²) in [6, 6.07) is 10.2. The van der Waals surface area contributed by atoms with E-state index in [-0.39, 0.29) is 5.91 Å². The number of hydrogen-bond acceptors (Lipinski definition) is 3. The summed E-state index contributed by atoms with van der Waals surface area (Å²) in [5, 5.41) is 6.35. The second kappa shape index (κ2) is 9.59. The number of amides is 1. The van der Waals surface area contributed by atoms with E-state index in [1.807, 2.05) is 18.2 Å². The second-order valence-electron chi connectivity index (χ2n) is 6.31. The molecule has 0 saturated carbocycles. The molecule has 1 saturated heterocycles. The first kappa shape index (κ1) is 17.0. The van der Waals surface area contributed by atoms with Gasteiger partial charge in [-0.25, -0.2) is 0 Å². The summed E-state index contributed by atoms with van der Waals surface area (Å²) in [6.45, 7) is 6.26. The van der Waals surface area contributed by atoms with E-state index < -0.39 is 0 Å². The van der Waals surface area contributed by atoms with Gasteiger partial charge in [0.2, 0.25) is 5.91 Å². The van der Waals surface area contributed by atoms with Crippen LogP contribution in [0.5, 0.6) is 0 Å². The molecule has 0 aromatic heterocycles. The normalized spacial score (nSPS) is 19.0. The zero-order chi connectivity index (χ0) is 15.6. The highest BCUT2D eigenvalue weighted by molar-refractivity contribution is 5.75. The molecule has 1 aromatic carbocycles. The predicted octanol–water partition coefficient (Wildman–Crippen LogP) is 2.35. The van der Waals surface area contributed by atoms with Crippen LogP contribution in [-0.2, 0) is 16.1 Å². The van der Waals surface area contributed by atoms with Gasteiger partial charge in [0.15, 0.2) is 0 Å². The molecule has 1 fully saturated rings. The number of carbonyl (C=O) groups excluding carboxylic acids is 1. The van der Waals surface area contributed by atoms with Gasteiger partial charge in [0.25, 0.3) is 0 Å². The molecule has 2 rings (SSSR count). The van der Waals surface area contributed by atoms with Crippen molar-refractivity contribution in [3.05, 3.63) is 35.9 Å². The van der Waals surface area contributed by atoms with E-state index in [9.17, 15) is 4.79 Å². The summed E-state index contributed by atoms with van der Waals surface area (Å²) in [6.07, 6.45) is 2.85. The van der Waals surface area contributed by atoms with Gasteiger partial charge < -0.3 is 15.4 Å². The molecule has 0 bridgehead atoms. The lowest BCUT2D eigenvalue weighted by Crippen LogP contribution is -2.30. The fourth-order valence-electron chi connectivity index (χ4n) is 2.68. The summed E-state index contributed by atoms with van der Waals surface area (Å²) in [5.41, 5.74) is 1.18. The molecular weight excluding hydrogens is 276 g/mol. The Morgan fingerprint density at radius 3 is 2.95 bits per heavy atom. The molecule has 22 heavy (non-hydrogen) atoms. The van der Waals surface area contributed by atoms with Crippen molar-refractivity contribution < 1.29 is 9.53 Å². The van der Waals surface area contributed by atoms with Crippen LogP contribution in [0, 0.1) is 11.8 Å². The lowest BCUT2D eigenvalue weighted by molar-refractivity contribution is -0.121. The third kappa shape index (κ3) is 6.58. The number of carbonyl (C=O) groups is 1. The van der Waals surface area contributed by atoms with E-state index in [0.29, 0.717) is 38.0 Å². The van der Waals surface area contributed by atoms with Crippen molar-refractivity contribution in [2.45, 2.75) is 32.8 Å². The molecule has 1 aromatic rings. The SMILES string of the molecule is CC(CNC(=O)CCC1CCNC1)COCc1ccccc1. The largest absolute Gasteiger partial charge is 0.376 e. The second-order valence-corrected chi connectivity index (χ2v) is 6.31. The fourth-order valence-corrected chi connectivity index (χ4v) is 2.68. The average molecular weight is 304 g/mol. The molecule has 4 nitrogen and oxygen atoms in total. The molecular formula is C18H28N2O2. The van der Waals surface area contributed by atoms with Crippen LogP contribution in [0.25, 0.3) is 0 Å². The highest BCUT2D eigenvalue weighted by atomic mass is 16.5. The maximum Gasteiger partial charge on any atom is 0.220 e. The summed E-state index contributed by atoms with van der Waals surface area (Å²) in [7, 11) is 0. The molecule has 0 radical (unpaired) electrons. The summed E-state index contributed by atoms with van der Waals surface area (Å²) in [5.74, 6) is 1.18. The topological polar surface area (TPSA) is 50.4 Å². The van der Waals surface area contributed by atoms with Crippen LogP contribution in [0.4, 0.5) is 0 Å². The van der Waals surface area contributed by atoms with Crippen molar-refractivity contribution in [2.24, 2.45) is 11.8 Å². The van der Waals surface area contributed by atoms with Crippen LogP contribution in [-0.4, -0.2) is 32.1 Å². The van der Waals surface area contributed by atoms with Crippen LogP contribution in [0.3, 0.4) is 0 Å². The molecule has 4 heteroatoms. The first-order valence-electron chi connectivity index (χ1n) is 8.33. The van der Waals surface area contributed by atoms with E-state index >= 15 is 0 Å². The first-order chi connectivity index (χ1) is 10.7. The smallest absolute Gasteiger partial charge is 0.220 e. The van der Waals surface area contributed by atoms with Gasteiger partial charge in [-0.15, -0.1) is 0 Å². The molecule has 2 unspecified atom stereocenters. The quantitative estimate of drug-likeness (QED) is 0.736. The van der Waals surface area contributed by atoms with Crippen molar-refractivity contribution in [1.82, 2.24) is 10.6 Å². The Morgan fingerprint density at radius 2 is 2.23 bits per heavy atom. The molecule has 2 N–H and O–H groups in total. The number of benzene rings is 1. The molecule has 0 spiro atoms. The lowest BCUT2D eigenvalue weighted by atomic mass is 10.0. The zero-order valence-corrected chi connectivity index (χ0v) is 13.5. The Kier molecular flexibility index (Phi) is 7.40. The first-order valence-corrected chi connectivity index (χ1v) is 8.33. The molecule has 1 heterocycles. The number of ether oxygens (including phenoxy) is 1. The lowest BCUT2D eigenvalue weighted by Gasteiger charge is -2.14. The molecule has 1 aliphatic heterocycles. The van der Waals surface area contributed by atoms with E-state index in [2.05, 4.69) is 29.7 Å². The van der Waals surface area contributed by atoms with Crippen LogP contribution >= 0.6 is 0 Å². The van der Waals surface area contributed by atoms with Crippen LogP contribution in [0.2, 0.25) is 0 Å². The zero-order valence-electron chi connectivity index (χ0n) is 13.5. The Balaban J connectivity index is 1.51. The average Bonchev–Trinajstić information content (AvgIpc) is 3.05. The highest BCUT2D eigenvalue weighted by Crippen LogP contribution is 2.13. The van der Waals surface area contributed by atoms with Gasteiger partial charge in [0, 0.05) is 13.0 Å². The minimum atomic E-state index is 0.168. The predicted molar refractivity (Wildman–Crippen MR) is 88.5 cm³/mol. The summed E-state index contributed by atoms with van der Waals surface area (Å²) in [4.78, 5) is 11.8. The van der Waals surface area contributed by atoms with Gasteiger partial charge in [-0.05, 0) is 43.3 Å². The Labute approximate surface area is 133 Å². The van der Waals surface area contributed by atoms with Crippen molar-refractivity contribution in [2.75, 3.05) is 26.2 Å². The van der Waals surface area contributed by atoms with Crippen molar-refractivity contribution in [3.63, 3.8) is 0 Å². The monoisotopic (exact) mass is 304 g/mol. The van der Waals surface area contributed by atoms with E-state index in [1.54, 1.807) is 0 Å². The van der Waals surface area contributed by atoms with Crippen LogP contribution in [0.15, 0.2) is 30.3 Å². The molecule has 0 aliphatic carbocycles. The van der Waals surface area contributed by atoms with Gasteiger partial charge >= 0.3 is 0 Å². The van der Waals surface area contributed by atoms with Crippen LogP contribution < -0.4 is 10.6 Å². The van der Waals surface area contributed by atoms with Gasteiger partial charge in [0.05, 0.1) is 13.2 Å². The van der Waals surface area contributed by atoms with Crippen LogP contribution in [0.1, 0.15) is 31.7 Å². The van der Waals surface area contributed by atoms with Crippen molar-refractivity contribution >= 4 is 5.91 Å². The number of nitrogens with one attached hydrogen (secondary N) is 2. The minimum Gasteiger partial charge on any atom is -0.376 e.